The lowest BCUT2D eigenvalue weighted by Crippen LogP contribution is -2.12. The van der Waals surface area contributed by atoms with Crippen molar-refractivity contribution in [2.45, 2.75) is 0 Å². The summed E-state index contributed by atoms with van der Waals surface area (Å²) in [6.45, 7) is 0. The van der Waals surface area contributed by atoms with Gasteiger partial charge in [0, 0.05) is 6.07 Å². The number of hydrogen-bond donors (Lipinski definition) is 1. The third-order valence-electron chi connectivity index (χ3n) is 3.70. The van der Waals surface area contributed by atoms with E-state index in [1.165, 1.54) is 0 Å². The van der Waals surface area contributed by atoms with Crippen molar-refractivity contribution in [2.75, 3.05) is 7.11 Å². The Kier molecular flexibility index (Phi) is 2.72. The number of hydrogen-bond acceptors (Lipinski definition) is 3. The van der Waals surface area contributed by atoms with Crippen molar-refractivity contribution >= 4 is 16.8 Å². The van der Waals surface area contributed by atoms with E-state index in [9.17, 15) is 4.79 Å². The number of nitrogens with one attached hydrogen (secondary N) is 1. The Morgan fingerprint density at radius 2 is 1.86 bits per heavy atom. The molecule has 0 bridgehead atoms. The second-order valence-electron chi connectivity index (χ2n) is 5.01. The van der Waals surface area contributed by atoms with Gasteiger partial charge in [-0.25, -0.2) is 9.38 Å². The first kappa shape index (κ1) is 12.6. The average Bonchev–Trinajstić information content (AvgIpc) is 2.93. The summed E-state index contributed by atoms with van der Waals surface area (Å²) in [4.78, 5) is 20.1. The van der Waals surface area contributed by atoms with E-state index >= 15 is 0 Å². The van der Waals surface area contributed by atoms with E-state index in [1.807, 2.05) is 48.5 Å². The summed E-state index contributed by atoms with van der Waals surface area (Å²) >= 11 is 0. The van der Waals surface area contributed by atoms with Gasteiger partial charge in [-0.1, -0.05) is 12.1 Å². The molecule has 4 aromatic rings. The summed E-state index contributed by atoms with van der Waals surface area (Å²) < 4.78 is 6.74. The quantitative estimate of drug-likeness (QED) is 0.618. The van der Waals surface area contributed by atoms with Gasteiger partial charge in [0.1, 0.15) is 5.75 Å². The van der Waals surface area contributed by atoms with Crippen LogP contribution in [0.25, 0.3) is 28.1 Å². The first-order chi connectivity index (χ1) is 10.8. The Labute approximate surface area is 125 Å². The number of aromatic nitrogens is 3. The molecule has 0 amide bonds. The van der Waals surface area contributed by atoms with Gasteiger partial charge >= 0.3 is 0 Å². The molecule has 4 rings (SSSR count). The fourth-order valence-corrected chi connectivity index (χ4v) is 2.60. The third kappa shape index (κ3) is 1.87. The fraction of sp³-hybridized carbons (Fsp3) is 0.0588. The maximum Gasteiger partial charge on any atom is 0.260 e. The van der Waals surface area contributed by atoms with Gasteiger partial charge in [0.05, 0.1) is 23.8 Å². The largest absolute Gasteiger partial charge is 0.497 e. The van der Waals surface area contributed by atoms with E-state index in [0.717, 1.165) is 28.0 Å². The Balaban J connectivity index is 1.96. The van der Waals surface area contributed by atoms with Crippen LogP contribution in [0.1, 0.15) is 0 Å². The number of nitrogens with zero attached hydrogens (tertiary/aromatic N) is 2. The molecule has 108 valence electrons. The van der Waals surface area contributed by atoms with Crippen LogP contribution in [0.15, 0.2) is 59.4 Å². The van der Waals surface area contributed by atoms with Crippen LogP contribution in [-0.4, -0.2) is 21.5 Å². The molecule has 0 aliphatic rings. The minimum absolute atomic E-state index is 0.103. The van der Waals surface area contributed by atoms with Crippen molar-refractivity contribution in [3.05, 3.63) is 65.0 Å². The van der Waals surface area contributed by atoms with Gasteiger partial charge in [-0.3, -0.25) is 4.79 Å². The van der Waals surface area contributed by atoms with Crippen LogP contribution in [0.4, 0.5) is 0 Å². The normalized spacial score (nSPS) is 11.1. The highest BCUT2D eigenvalue weighted by Crippen LogP contribution is 2.21. The van der Waals surface area contributed by atoms with Crippen molar-refractivity contribution in [2.24, 2.45) is 0 Å². The number of para-hydroxylation sites is 2. The maximum atomic E-state index is 12.4. The van der Waals surface area contributed by atoms with Crippen LogP contribution in [0, 0.1) is 0 Å². The molecule has 0 atom stereocenters. The third-order valence-corrected chi connectivity index (χ3v) is 3.70. The number of H-pyrrole nitrogens is 1. The van der Waals surface area contributed by atoms with Gasteiger partial charge in [0.15, 0.2) is 0 Å². The molecule has 5 nitrogen and oxygen atoms in total. The zero-order chi connectivity index (χ0) is 15.1. The molecular weight excluding hydrogens is 278 g/mol. The molecule has 0 radical (unpaired) electrons. The summed E-state index contributed by atoms with van der Waals surface area (Å²) in [6, 6.07) is 16.7. The fourth-order valence-electron chi connectivity index (χ4n) is 2.60. The van der Waals surface area contributed by atoms with Gasteiger partial charge in [-0.15, -0.1) is 0 Å². The van der Waals surface area contributed by atoms with E-state index in [-0.39, 0.29) is 5.56 Å². The lowest BCUT2D eigenvalue weighted by atomic mass is 10.1. The van der Waals surface area contributed by atoms with Crippen LogP contribution in [-0.2, 0) is 0 Å². The lowest BCUT2D eigenvalue weighted by molar-refractivity contribution is 0.415. The van der Waals surface area contributed by atoms with Crippen LogP contribution in [0.2, 0.25) is 0 Å². The van der Waals surface area contributed by atoms with E-state index in [4.69, 9.17) is 4.74 Å². The second-order valence-corrected chi connectivity index (χ2v) is 5.01. The molecular formula is C17H13N3O2. The average molecular weight is 291 g/mol. The SMILES string of the molecule is COc1ccc(-c2cc(=O)n3c(nc4ccccc43)[nH]2)cc1. The van der Waals surface area contributed by atoms with Gasteiger partial charge in [0.2, 0.25) is 5.78 Å². The van der Waals surface area contributed by atoms with Crippen molar-refractivity contribution in [1.29, 1.82) is 0 Å². The van der Waals surface area contributed by atoms with Gasteiger partial charge < -0.3 is 9.72 Å². The highest BCUT2D eigenvalue weighted by molar-refractivity contribution is 5.79. The van der Waals surface area contributed by atoms with Gasteiger partial charge in [-0.2, -0.15) is 0 Å². The number of rotatable bonds is 2. The van der Waals surface area contributed by atoms with Crippen LogP contribution in [0.3, 0.4) is 0 Å². The molecule has 22 heavy (non-hydrogen) atoms. The molecule has 2 aromatic carbocycles. The molecule has 0 saturated heterocycles. The number of methoxy groups -OCH3 is 1. The maximum absolute atomic E-state index is 12.4. The predicted octanol–water partition coefficient (Wildman–Crippen LogP) is 2.85. The Hall–Kier alpha value is -3.08. The summed E-state index contributed by atoms with van der Waals surface area (Å²) in [5.41, 5.74) is 3.14. The van der Waals surface area contributed by atoms with Gasteiger partial charge in [-0.05, 0) is 42.0 Å². The molecule has 2 aromatic heterocycles. The molecule has 2 heterocycles. The van der Waals surface area contributed by atoms with Crippen LogP contribution >= 0.6 is 0 Å². The Bertz CT molecular complexity index is 1030. The van der Waals surface area contributed by atoms with Crippen LogP contribution < -0.4 is 10.3 Å². The summed E-state index contributed by atoms with van der Waals surface area (Å²) in [5.74, 6) is 1.32. The first-order valence-electron chi connectivity index (χ1n) is 6.91. The molecule has 0 aliphatic carbocycles. The Morgan fingerprint density at radius 3 is 2.64 bits per heavy atom. The van der Waals surface area contributed by atoms with E-state index < -0.39 is 0 Å². The molecule has 0 spiro atoms. The molecule has 0 unspecified atom stereocenters. The summed E-state index contributed by atoms with van der Waals surface area (Å²) in [5, 5.41) is 0. The zero-order valence-corrected chi connectivity index (χ0v) is 11.9. The topological polar surface area (TPSA) is 59.4 Å². The van der Waals surface area contributed by atoms with Crippen molar-refractivity contribution in [3.8, 4) is 17.0 Å². The predicted molar refractivity (Wildman–Crippen MR) is 85.3 cm³/mol. The number of benzene rings is 2. The van der Waals surface area contributed by atoms with E-state index in [0.29, 0.717) is 5.78 Å². The van der Waals surface area contributed by atoms with Gasteiger partial charge in [0.25, 0.3) is 5.56 Å². The minimum Gasteiger partial charge on any atom is -0.497 e. The molecule has 0 aliphatic heterocycles. The first-order valence-corrected chi connectivity index (χ1v) is 6.91. The van der Waals surface area contributed by atoms with Crippen molar-refractivity contribution < 1.29 is 4.74 Å². The van der Waals surface area contributed by atoms with Crippen molar-refractivity contribution in [1.82, 2.24) is 14.4 Å². The number of imidazole rings is 1. The standard InChI is InChI=1S/C17H13N3O2/c1-22-12-8-6-11(7-9-12)14-10-16(21)20-15-5-3-2-4-13(15)18-17(20)19-14/h2-10H,1H3,(H,18,19). The molecule has 1 N–H and O–H groups in total. The van der Waals surface area contributed by atoms with Crippen molar-refractivity contribution in [3.63, 3.8) is 0 Å². The highest BCUT2D eigenvalue weighted by atomic mass is 16.5. The molecule has 0 saturated carbocycles. The summed E-state index contributed by atoms with van der Waals surface area (Å²) in [6.07, 6.45) is 0. The monoisotopic (exact) mass is 291 g/mol. The Morgan fingerprint density at radius 1 is 1.09 bits per heavy atom. The highest BCUT2D eigenvalue weighted by Gasteiger charge is 2.09. The molecule has 0 fully saturated rings. The lowest BCUT2D eigenvalue weighted by Gasteiger charge is -2.04. The minimum atomic E-state index is -0.103. The second kappa shape index (κ2) is 4.73. The molecule has 5 heteroatoms. The van der Waals surface area contributed by atoms with Crippen LogP contribution in [0.5, 0.6) is 5.75 Å². The smallest absolute Gasteiger partial charge is 0.260 e. The number of ether oxygens (including phenoxy) is 1. The zero-order valence-electron chi connectivity index (χ0n) is 11.9. The summed E-state index contributed by atoms with van der Waals surface area (Å²) in [7, 11) is 1.62. The number of aromatic amines is 1. The number of fused-ring (bicyclic) bond motifs is 3. The van der Waals surface area contributed by atoms with E-state index in [1.54, 1.807) is 17.6 Å². The van der Waals surface area contributed by atoms with E-state index in [2.05, 4.69) is 9.97 Å².